The van der Waals surface area contributed by atoms with Crippen LogP contribution in [0.15, 0.2) is 262 Å². The van der Waals surface area contributed by atoms with Crippen molar-refractivity contribution in [2.45, 2.75) is 104 Å². The van der Waals surface area contributed by atoms with Crippen molar-refractivity contribution in [3.8, 4) is 45.9 Å². The highest BCUT2D eigenvalue weighted by atomic mass is 19.1. The number of hydrogen-bond donors (Lipinski definition) is 6. The molecular formula is C104H113F4N17O10. The van der Waals surface area contributed by atoms with Crippen molar-refractivity contribution >= 4 is 23.7 Å². The first-order valence-corrected chi connectivity index (χ1v) is 45.1. The van der Waals surface area contributed by atoms with Crippen molar-refractivity contribution < 1.29 is 67.4 Å². The van der Waals surface area contributed by atoms with Crippen molar-refractivity contribution in [2.75, 3.05) is 99.4 Å². The van der Waals surface area contributed by atoms with Crippen LogP contribution in [-0.2, 0) is 78.0 Å². The molecule has 2 unspecified atom stereocenters. The number of aliphatic hydroxyl groups is 3. The van der Waals surface area contributed by atoms with Gasteiger partial charge in [0.25, 0.3) is 0 Å². The number of benzene rings is 6. The summed E-state index contributed by atoms with van der Waals surface area (Å²) in [6.45, 7) is 17.1. The largest absolute Gasteiger partial charge is 0.478 e. The lowest BCUT2D eigenvalue weighted by Crippen LogP contribution is -2.46. The SMILES string of the molecule is CCN(CCO)Cc1ccc(-c2cc(C(=O)O)ccn2)n1CCc1ccc(F)cc1.CCN(CCO)Cc1cnc(-c2cc(C(=O)O)ccn2)n1CCc1ccc(F)cc1.CN1CCN(Cc2cnc(-c3cc(C(=O)CO)ccn3)n2CCc2ccc(F)cc2)C(c2ccccc2)C1.CN1CCN(Cc2cnc(-c3cc(C(=O)O)ccn3)n2CCc2ccc(F)cc2)C(c2ccccc2)C1. The quantitative estimate of drug-likeness (QED) is 0.0156. The van der Waals surface area contributed by atoms with Crippen LogP contribution < -0.4 is 0 Å². The second-order valence-corrected chi connectivity index (χ2v) is 33.3. The summed E-state index contributed by atoms with van der Waals surface area (Å²) < 4.78 is 61.7. The molecule has 0 aliphatic carbocycles. The van der Waals surface area contributed by atoms with Gasteiger partial charge in [0.15, 0.2) is 23.3 Å². The Morgan fingerprint density at radius 2 is 0.696 bits per heavy atom. The molecule has 2 saturated heterocycles. The summed E-state index contributed by atoms with van der Waals surface area (Å²) in [5.41, 5.74) is 14.5. The van der Waals surface area contributed by atoms with Gasteiger partial charge in [-0.1, -0.05) is 123 Å². The molecule has 16 rings (SSSR count). The van der Waals surface area contributed by atoms with Crippen molar-refractivity contribution in [3.63, 3.8) is 0 Å². The molecule has 8 aromatic heterocycles. The first-order valence-electron chi connectivity index (χ1n) is 45.1. The zero-order valence-corrected chi connectivity index (χ0v) is 76.1. The number of carboxylic acids is 3. The number of carboxylic acid groups (broad SMARTS) is 3. The topological polar surface area (TPSA) is 319 Å². The zero-order valence-electron chi connectivity index (χ0n) is 76.1. The van der Waals surface area contributed by atoms with E-state index in [-0.39, 0.29) is 71.0 Å². The molecule has 31 heteroatoms. The lowest BCUT2D eigenvalue weighted by atomic mass is 10.0. The second-order valence-electron chi connectivity index (χ2n) is 33.3. The molecule has 0 bridgehead atoms. The molecule has 6 aromatic carbocycles. The minimum atomic E-state index is -1.02. The van der Waals surface area contributed by atoms with Crippen LogP contribution in [-0.4, -0.2) is 236 Å². The summed E-state index contributed by atoms with van der Waals surface area (Å²) in [6.07, 6.45) is 14.3. The van der Waals surface area contributed by atoms with Crippen LogP contribution in [0.5, 0.6) is 0 Å². The molecular weight excluding hydrogens is 1720 g/mol. The van der Waals surface area contributed by atoms with Gasteiger partial charge >= 0.3 is 17.9 Å². The van der Waals surface area contributed by atoms with Gasteiger partial charge in [0.1, 0.15) is 47.0 Å². The van der Waals surface area contributed by atoms with Crippen LogP contribution in [0.2, 0.25) is 0 Å². The van der Waals surface area contributed by atoms with E-state index >= 15 is 0 Å². The number of rotatable bonds is 37. The maximum atomic E-state index is 13.5. The molecule has 10 heterocycles. The van der Waals surface area contributed by atoms with E-state index in [0.717, 1.165) is 103 Å². The lowest BCUT2D eigenvalue weighted by molar-refractivity contribution is 0.0686. The predicted octanol–water partition coefficient (Wildman–Crippen LogP) is 14.8. The van der Waals surface area contributed by atoms with Crippen LogP contribution in [0.4, 0.5) is 17.6 Å². The van der Waals surface area contributed by atoms with E-state index in [4.69, 9.17) is 9.97 Å². The molecule has 0 amide bonds. The summed E-state index contributed by atoms with van der Waals surface area (Å²) in [7, 11) is 4.31. The number of nitrogens with zero attached hydrogens (tertiary/aromatic N) is 17. The standard InChI is InChI=1S/C30H32FN5O2.C29H30FN5O2.C23H26FN3O3.C22H25FN4O3/c1-34-15-16-35(28(20-34)23-5-3-2-4-6-23)19-26-18-33-30(27-17-24(11-13-32-27)29(38)21-37)36(26)14-12-22-7-9-25(31)10-8-22;1-33-15-16-34(27(20-33)22-5-3-2-4-6-22)19-25-18-32-28(26-17-23(29(36)37)11-13-31-26)35(25)14-12-21-7-9-24(30)10-8-21;1-2-26(13-14-28)16-20-7-8-22(21-15-18(23(29)30)9-11-25-21)27(20)12-10-17-3-5-19(24)6-4-17;1-2-26(11-12-28)15-19-14-25-21(20-13-17(22(29)30)7-9-24-20)27(19)10-8-16-3-5-18(23)6-4-16/h2-11,13,17-18,28,37H,12,14-16,19-21H2,1H3;2-11,13,17-18,27H,12,14-16,19-20H2,1H3,(H,36,37);3-9,11,15,28H,2,10,12-14,16H2,1H3,(H,29,30);3-7,9,13-14,28H,2,8,10-12,15H2,1H3,(H,29,30). The molecule has 2 fully saturated rings. The number of aromatic carboxylic acids is 3. The summed E-state index contributed by atoms with van der Waals surface area (Å²) in [4.78, 5) is 92.0. The van der Waals surface area contributed by atoms with Crippen molar-refractivity contribution in [2.24, 2.45) is 0 Å². The highest BCUT2D eigenvalue weighted by molar-refractivity contribution is 5.97. The van der Waals surface area contributed by atoms with E-state index in [1.54, 1.807) is 85.2 Å². The Labute approximate surface area is 782 Å². The molecule has 135 heavy (non-hydrogen) atoms. The summed E-state index contributed by atoms with van der Waals surface area (Å²) >= 11 is 0. The summed E-state index contributed by atoms with van der Waals surface area (Å²) in [6, 6.07) is 63.8. The van der Waals surface area contributed by atoms with Gasteiger partial charge < -0.3 is 58.7 Å². The molecule has 0 spiro atoms. The molecule has 14 aromatic rings. The van der Waals surface area contributed by atoms with E-state index in [1.807, 2.05) is 55.1 Å². The number of ketones is 1. The smallest absolute Gasteiger partial charge is 0.335 e. The Balaban J connectivity index is 0.000000153. The molecule has 2 atom stereocenters. The van der Waals surface area contributed by atoms with E-state index < -0.39 is 24.5 Å². The maximum Gasteiger partial charge on any atom is 0.335 e. The Hall–Kier alpha value is -13.7. The first-order chi connectivity index (χ1) is 65.5. The Kier molecular flexibility index (Phi) is 35.7. The number of imidazole rings is 3. The summed E-state index contributed by atoms with van der Waals surface area (Å²) in [5, 5.41) is 56.0. The average molecular weight is 1840 g/mol. The van der Waals surface area contributed by atoms with Crippen molar-refractivity contribution in [1.29, 1.82) is 0 Å². The lowest BCUT2D eigenvalue weighted by Gasteiger charge is -2.40. The van der Waals surface area contributed by atoms with E-state index in [2.05, 4.69) is 131 Å². The van der Waals surface area contributed by atoms with Gasteiger partial charge in [-0.25, -0.2) is 46.9 Å². The van der Waals surface area contributed by atoms with E-state index in [1.165, 1.54) is 103 Å². The monoisotopic (exact) mass is 1840 g/mol. The third kappa shape index (κ3) is 27.3. The first kappa shape index (κ1) is 98.8. The van der Waals surface area contributed by atoms with Crippen LogP contribution in [0.25, 0.3) is 45.9 Å². The van der Waals surface area contributed by atoms with Gasteiger partial charge in [-0.3, -0.25) is 44.3 Å². The van der Waals surface area contributed by atoms with E-state index in [9.17, 15) is 67.4 Å². The molecule has 0 radical (unpaired) electrons. The Morgan fingerprint density at radius 3 is 1.05 bits per heavy atom. The van der Waals surface area contributed by atoms with Crippen LogP contribution in [0.3, 0.4) is 0 Å². The number of Topliss-reactive ketones (excluding diaryl/α,β-unsaturated/α-hetero) is 1. The maximum absolute atomic E-state index is 13.5. The van der Waals surface area contributed by atoms with Gasteiger partial charge in [-0.2, -0.15) is 0 Å². The number of hydrogen-bond acceptors (Lipinski definition) is 20. The molecule has 27 nitrogen and oxygen atoms in total. The highest BCUT2D eigenvalue weighted by Crippen LogP contribution is 2.33. The minimum Gasteiger partial charge on any atom is -0.478 e. The number of carbonyl (C=O) groups is 4. The zero-order chi connectivity index (χ0) is 95.3. The fourth-order valence-electron chi connectivity index (χ4n) is 16.7. The second kappa shape index (κ2) is 48.8. The average Bonchev–Trinajstić information content (AvgIpc) is 1.70. The fraction of sp³-hybridized carbons (Fsp3) is 0.298. The number of aromatic nitrogens is 11. The van der Waals surface area contributed by atoms with Gasteiger partial charge in [-0.15, -0.1) is 0 Å². The predicted molar refractivity (Wildman–Crippen MR) is 507 cm³/mol. The number of piperazine rings is 2. The number of carbonyl (C=O) groups excluding carboxylic acids is 1. The van der Waals surface area contributed by atoms with Gasteiger partial charge in [-0.05, 0) is 195 Å². The Morgan fingerprint density at radius 1 is 0.370 bits per heavy atom. The number of aliphatic hydroxyl groups excluding tert-OH is 3. The molecule has 2 aliphatic heterocycles. The third-order valence-electron chi connectivity index (χ3n) is 24.2. The molecule has 6 N–H and O–H groups in total. The van der Waals surface area contributed by atoms with Crippen LogP contribution in [0.1, 0.15) is 124 Å². The number of halogens is 4. The Bertz CT molecular complexity index is 6030. The van der Waals surface area contributed by atoms with Crippen LogP contribution >= 0.6 is 0 Å². The van der Waals surface area contributed by atoms with Crippen LogP contribution in [0, 0.1) is 23.3 Å². The molecule has 702 valence electrons. The number of aryl methyl sites for hydroxylation is 4. The highest BCUT2D eigenvalue weighted by Gasteiger charge is 2.32. The summed E-state index contributed by atoms with van der Waals surface area (Å²) in [5.74, 6) is -2.57. The van der Waals surface area contributed by atoms with Crippen molar-refractivity contribution in [1.82, 2.24) is 82.6 Å². The third-order valence-corrected chi connectivity index (χ3v) is 24.2. The fourth-order valence-corrected chi connectivity index (χ4v) is 16.7. The van der Waals surface area contributed by atoms with Gasteiger partial charge in [0, 0.05) is 153 Å². The van der Waals surface area contributed by atoms with Crippen molar-refractivity contribution in [3.05, 3.63) is 363 Å². The van der Waals surface area contributed by atoms with Gasteiger partial charge in [0.2, 0.25) is 0 Å². The number of pyridine rings is 4. The number of likely N-dealkylation sites (N-methyl/N-ethyl adjacent to an activating group) is 4. The normalized spacial score (nSPS) is 14.2. The minimum absolute atomic E-state index is 0.0621. The molecule has 0 saturated carbocycles. The van der Waals surface area contributed by atoms with E-state index in [0.29, 0.717) is 137 Å². The van der Waals surface area contributed by atoms with Gasteiger partial charge in [0.05, 0.1) is 77.0 Å². The molecule has 2 aliphatic rings.